The number of carbonyl (C=O) groups excluding carboxylic acids is 2. The quantitative estimate of drug-likeness (QED) is 0.847. The molecule has 1 heterocycles. The molecule has 140 valence electrons. The Balaban J connectivity index is 1.53. The first kappa shape index (κ1) is 17.6. The van der Waals surface area contributed by atoms with Crippen molar-refractivity contribution in [1.29, 1.82) is 0 Å². The van der Waals surface area contributed by atoms with Crippen LogP contribution in [0.4, 0.5) is 17.1 Å². The summed E-state index contributed by atoms with van der Waals surface area (Å²) in [5.41, 5.74) is 2.98. The highest BCUT2D eigenvalue weighted by Gasteiger charge is 2.59. The number of para-hydroxylation sites is 1. The Labute approximate surface area is 160 Å². The van der Waals surface area contributed by atoms with Gasteiger partial charge in [0.2, 0.25) is 11.8 Å². The van der Waals surface area contributed by atoms with Gasteiger partial charge in [0, 0.05) is 37.2 Å². The van der Waals surface area contributed by atoms with Gasteiger partial charge in [-0.25, -0.2) is 0 Å². The van der Waals surface area contributed by atoms with Crippen molar-refractivity contribution in [2.24, 2.45) is 5.41 Å². The molecule has 2 aromatic rings. The number of amides is 2. The minimum Gasteiger partial charge on any atom is -0.378 e. The Morgan fingerprint density at radius 1 is 1.07 bits per heavy atom. The number of hydrogen-bond acceptors (Lipinski definition) is 3. The van der Waals surface area contributed by atoms with E-state index in [-0.39, 0.29) is 17.9 Å². The monoisotopic (exact) mass is 363 g/mol. The first-order valence-corrected chi connectivity index (χ1v) is 9.43. The minimum absolute atomic E-state index is 0.0673. The van der Waals surface area contributed by atoms with Gasteiger partial charge >= 0.3 is 0 Å². The number of hydrogen-bond donors (Lipinski definition) is 1. The van der Waals surface area contributed by atoms with Crippen molar-refractivity contribution in [3.05, 3.63) is 54.1 Å². The molecule has 1 fully saturated rings. The van der Waals surface area contributed by atoms with E-state index in [9.17, 15) is 9.59 Å². The Morgan fingerprint density at radius 3 is 2.37 bits per heavy atom. The zero-order chi connectivity index (χ0) is 19.2. The fourth-order valence-electron chi connectivity index (χ4n) is 3.86. The van der Waals surface area contributed by atoms with E-state index in [4.69, 9.17) is 0 Å². The Bertz CT molecular complexity index is 885. The second-order valence-corrected chi connectivity index (χ2v) is 7.83. The molecule has 5 nitrogen and oxygen atoms in total. The van der Waals surface area contributed by atoms with E-state index < -0.39 is 5.41 Å². The molecule has 0 radical (unpaired) electrons. The molecule has 27 heavy (non-hydrogen) atoms. The Morgan fingerprint density at radius 2 is 1.74 bits per heavy atom. The second-order valence-electron chi connectivity index (χ2n) is 7.83. The molecule has 1 aliphatic carbocycles. The van der Waals surface area contributed by atoms with Crippen molar-refractivity contribution in [2.45, 2.75) is 32.2 Å². The molecule has 0 spiro atoms. The summed E-state index contributed by atoms with van der Waals surface area (Å²) in [6, 6.07) is 15.7. The lowest BCUT2D eigenvalue weighted by atomic mass is 10.0. The van der Waals surface area contributed by atoms with Crippen molar-refractivity contribution in [3.63, 3.8) is 0 Å². The van der Waals surface area contributed by atoms with Crippen molar-refractivity contribution in [1.82, 2.24) is 0 Å². The van der Waals surface area contributed by atoms with Gasteiger partial charge in [-0.15, -0.1) is 0 Å². The van der Waals surface area contributed by atoms with Gasteiger partial charge in [-0.1, -0.05) is 18.2 Å². The van der Waals surface area contributed by atoms with Gasteiger partial charge in [0.05, 0.1) is 0 Å². The molecule has 2 aromatic carbocycles. The van der Waals surface area contributed by atoms with E-state index in [1.54, 1.807) is 0 Å². The summed E-state index contributed by atoms with van der Waals surface area (Å²) in [4.78, 5) is 30.1. The first-order chi connectivity index (χ1) is 12.9. The SMILES string of the molecule is CC1Cc2ccccc2N1C(=O)C1(C(=O)Nc2ccc(N(C)C)cc2)CC1. The van der Waals surface area contributed by atoms with Crippen LogP contribution in [0.15, 0.2) is 48.5 Å². The number of carbonyl (C=O) groups is 2. The molecule has 0 bridgehead atoms. The molecule has 1 unspecified atom stereocenters. The average Bonchev–Trinajstić information content (AvgIpc) is 3.39. The maximum absolute atomic E-state index is 13.3. The van der Waals surface area contributed by atoms with Gasteiger partial charge in [-0.3, -0.25) is 9.59 Å². The molecular formula is C22H25N3O2. The predicted molar refractivity (Wildman–Crippen MR) is 108 cm³/mol. The van der Waals surface area contributed by atoms with Crippen molar-refractivity contribution in [3.8, 4) is 0 Å². The Kier molecular flexibility index (Phi) is 4.17. The normalized spacial score (nSPS) is 19.4. The maximum Gasteiger partial charge on any atom is 0.242 e. The second kappa shape index (κ2) is 6.41. The summed E-state index contributed by atoms with van der Waals surface area (Å²) in [7, 11) is 3.95. The molecule has 1 aliphatic heterocycles. The van der Waals surface area contributed by atoms with Gasteiger partial charge in [0.1, 0.15) is 5.41 Å². The molecule has 5 heteroatoms. The molecule has 4 rings (SSSR count). The number of benzene rings is 2. The van der Waals surface area contributed by atoms with Crippen molar-refractivity contribution in [2.75, 3.05) is 29.2 Å². The highest BCUT2D eigenvalue weighted by Crippen LogP contribution is 2.50. The average molecular weight is 363 g/mol. The summed E-state index contributed by atoms with van der Waals surface area (Å²) in [5.74, 6) is -0.260. The van der Waals surface area contributed by atoms with Crippen LogP contribution in [0.3, 0.4) is 0 Å². The third-order valence-corrected chi connectivity index (χ3v) is 5.66. The zero-order valence-electron chi connectivity index (χ0n) is 16.0. The summed E-state index contributed by atoms with van der Waals surface area (Å²) in [5, 5.41) is 2.95. The topological polar surface area (TPSA) is 52.7 Å². The Hall–Kier alpha value is -2.82. The zero-order valence-corrected chi connectivity index (χ0v) is 16.0. The third-order valence-electron chi connectivity index (χ3n) is 5.66. The third kappa shape index (κ3) is 2.97. The summed E-state index contributed by atoms with van der Waals surface area (Å²) < 4.78 is 0. The van der Waals surface area contributed by atoms with Crippen LogP contribution in [-0.2, 0) is 16.0 Å². The summed E-state index contributed by atoms with van der Waals surface area (Å²) in [6.07, 6.45) is 2.06. The lowest BCUT2D eigenvalue weighted by Crippen LogP contribution is -2.45. The van der Waals surface area contributed by atoms with E-state index in [1.165, 1.54) is 5.56 Å². The molecular weight excluding hydrogens is 338 g/mol. The first-order valence-electron chi connectivity index (χ1n) is 9.43. The summed E-state index contributed by atoms with van der Waals surface area (Å²) >= 11 is 0. The van der Waals surface area contributed by atoms with E-state index in [0.717, 1.165) is 23.5 Å². The molecule has 0 aromatic heterocycles. The van der Waals surface area contributed by atoms with Crippen LogP contribution < -0.4 is 15.1 Å². The van der Waals surface area contributed by atoms with Crippen LogP contribution in [0, 0.1) is 5.41 Å². The lowest BCUT2D eigenvalue weighted by Gasteiger charge is -2.27. The molecule has 1 atom stereocenters. The fourth-order valence-corrected chi connectivity index (χ4v) is 3.86. The van der Waals surface area contributed by atoms with Crippen LogP contribution >= 0.6 is 0 Å². The highest BCUT2D eigenvalue weighted by molar-refractivity contribution is 6.18. The largest absolute Gasteiger partial charge is 0.378 e. The van der Waals surface area contributed by atoms with Crippen LogP contribution in [0.5, 0.6) is 0 Å². The predicted octanol–water partition coefficient (Wildman–Crippen LogP) is 3.45. The molecule has 1 N–H and O–H groups in total. The lowest BCUT2D eigenvalue weighted by molar-refractivity contribution is -0.132. The summed E-state index contributed by atoms with van der Waals surface area (Å²) in [6.45, 7) is 2.05. The molecule has 2 aliphatic rings. The van der Waals surface area contributed by atoms with Gasteiger partial charge in [-0.2, -0.15) is 0 Å². The molecule has 2 amide bonds. The standard InChI is InChI=1S/C22H25N3O2/c1-15-14-16-6-4-5-7-19(16)25(15)21(27)22(12-13-22)20(26)23-17-8-10-18(11-9-17)24(2)3/h4-11,15H,12-14H2,1-3H3,(H,23,26). The van der Waals surface area contributed by atoms with E-state index in [0.29, 0.717) is 12.8 Å². The van der Waals surface area contributed by atoms with Crippen LogP contribution in [-0.4, -0.2) is 32.0 Å². The smallest absolute Gasteiger partial charge is 0.242 e. The van der Waals surface area contributed by atoms with Crippen molar-refractivity contribution < 1.29 is 9.59 Å². The van der Waals surface area contributed by atoms with Gasteiger partial charge in [0.25, 0.3) is 0 Å². The number of anilines is 3. The minimum atomic E-state index is -0.925. The van der Waals surface area contributed by atoms with E-state index in [2.05, 4.69) is 11.4 Å². The van der Waals surface area contributed by atoms with Gasteiger partial charge in [-0.05, 0) is 62.1 Å². The number of nitrogens with one attached hydrogen (secondary N) is 1. The van der Waals surface area contributed by atoms with E-state index in [1.807, 2.05) is 73.3 Å². The van der Waals surface area contributed by atoms with Crippen LogP contribution in [0.2, 0.25) is 0 Å². The molecule has 1 saturated carbocycles. The van der Waals surface area contributed by atoms with Crippen LogP contribution in [0.25, 0.3) is 0 Å². The van der Waals surface area contributed by atoms with E-state index >= 15 is 0 Å². The van der Waals surface area contributed by atoms with Crippen LogP contribution in [0.1, 0.15) is 25.3 Å². The van der Waals surface area contributed by atoms with Gasteiger partial charge < -0.3 is 15.1 Å². The highest BCUT2D eigenvalue weighted by atomic mass is 16.2. The number of nitrogens with zero attached hydrogens (tertiary/aromatic N) is 2. The fraction of sp³-hybridized carbons (Fsp3) is 0.364. The number of fused-ring (bicyclic) bond motifs is 1. The van der Waals surface area contributed by atoms with Crippen molar-refractivity contribution >= 4 is 28.9 Å². The maximum atomic E-state index is 13.3. The van der Waals surface area contributed by atoms with Gasteiger partial charge in [0.15, 0.2) is 0 Å². The molecule has 0 saturated heterocycles. The number of rotatable bonds is 4.